The Morgan fingerprint density at radius 3 is 2.45 bits per heavy atom. The van der Waals surface area contributed by atoms with E-state index >= 15 is 0 Å². The maximum Gasteiger partial charge on any atom is 0.298 e. The van der Waals surface area contributed by atoms with Crippen molar-refractivity contribution < 1.29 is 9.15 Å². The van der Waals surface area contributed by atoms with Crippen LogP contribution >= 0.6 is 24.8 Å². The van der Waals surface area contributed by atoms with Gasteiger partial charge in [-0.15, -0.1) is 24.8 Å². The van der Waals surface area contributed by atoms with Crippen LogP contribution in [-0.2, 0) is 6.42 Å². The third-order valence-corrected chi connectivity index (χ3v) is 6.27. The summed E-state index contributed by atoms with van der Waals surface area (Å²) in [5.41, 5.74) is 9.51. The zero-order valence-electron chi connectivity index (χ0n) is 16.4. The van der Waals surface area contributed by atoms with Crippen molar-refractivity contribution in [1.29, 1.82) is 0 Å². The number of hydrogen-bond acceptors (Lipinski definition) is 5. The molecule has 0 amide bonds. The van der Waals surface area contributed by atoms with E-state index in [0.717, 1.165) is 55.2 Å². The molecule has 0 radical (unpaired) electrons. The minimum atomic E-state index is -0.355. The molecule has 2 aliphatic heterocycles. The summed E-state index contributed by atoms with van der Waals surface area (Å²) in [6.07, 6.45) is 2.97. The smallest absolute Gasteiger partial charge is 0.298 e. The van der Waals surface area contributed by atoms with E-state index in [-0.39, 0.29) is 36.5 Å². The Labute approximate surface area is 183 Å². The van der Waals surface area contributed by atoms with Crippen LogP contribution in [0.2, 0.25) is 0 Å². The number of ether oxygens (including phenoxy) is 1. The van der Waals surface area contributed by atoms with Crippen LogP contribution < -0.4 is 15.4 Å². The number of fused-ring (bicyclic) bond motifs is 2. The van der Waals surface area contributed by atoms with Gasteiger partial charge in [0.15, 0.2) is 5.58 Å². The Bertz CT molecular complexity index is 909. The summed E-state index contributed by atoms with van der Waals surface area (Å²) >= 11 is 0. The highest BCUT2D eigenvalue weighted by molar-refractivity contribution is 5.85. The lowest BCUT2D eigenvalue weighted by atomic mass is 9.75. The lowest BCUT2D eigenvalue weighted by molar-refractivity contribution is 0.0838. The molecule has 2 aliphatic rings. The first kappa shape index (κ1) is 21.8. The number of rotatable bonds is 3. The van der Waals surface area contributed by atoms with E-state index in [1.54, 1.807) is 0 Å². The Hall–Kier alpha value is -1.95. The molecule has 0 bridgehead atoms. The summed E-state index contributed by atoms with van der Waals surface area (Å²) in [4.78, 5) is 6.86. The van der Waals surface area contributed by atoms with Gasteiger partial charge in [-0.3, -0.25) is 0 Å². The van der Waals surface area contributed by atoms with E-state index in [1.165, 1.54) is 5.56 Å². The van der Waals surface area contributed by atoms with Crippen molar-refractivity contribution in [1.82, 2.24) is 4.98 Å². The third kappa shape index (κ3) is 3.91. The molecule has 0 spiro atoms. The molecule has 1 aromatic heterocycles. The van der Waals surface area contributed by atoms with E-state index in [4.69, 9.17) is 14.9 Å². The topological polar surface area (TPSA) is 64.5 Å². The first-order chi connectivity index (χ1) is 13.1. The Morgan fingerprint density at radius 1 is 1.03 bits per heavy atom. The van der Waals surface area contributed by atoms with Crippen LogP contribution in [0.3, 0.4) is 0 Å². The SMILES string of the molecule is CC(N)(C1CCN(c2nc3ccccc3o2)CC1)C1Cc2ccccc2O1.Cl.Cl. The summed E-state index contributed by atoms with van der Waals surface area (Å²) in [6.45, 7) is 3.97. The normalized spacial score (nSPS) is 20.9. The van der Waals surface area contributed by atoms with Gasteiger partial charge in [-0.05, 0) is 49.4 Å². The summed E-state index contributed by atoms with van der Waals surface area (Å²) in [6, 6.07) is 16.9. The molecule has 29 heavy (non-hydrogen) atoms. The van der Waals surface area contributed by atoms with Crippen molar-refractivity contribution >= 4 is 41.9 Å². The number of oxazole rings is 1. The molecule has 5 nitrogen and oxygen atoms in total. The molecular weight excluding hydrogens is 409 g/mol. The quantitative estimate of drug-likeness (QED) is 0.650. The first-order valence-electron chi connectivity index (χ1n) is 9.75. The predicted molar refractivity (Wildman–Crippen MR) is 121 cm³/mol. The van der Waals surface area contributed by atoms with Crippen LogP contribution in [-0.4, -0.2) is 29.7 Å². The Morgan fingerprint density at radius 2 is 1.72 bits per heavy atom. The number of nitrogens with two attached hydrogens (primary N) is 1. The molecule has 2 atom stereocenters. The monoisotopic (exact) mass is 435 g/mol. The van der Waals surface area contributed by atoms with Crippen molar-refractivity contribution in [3.05, 3.63) is 54.1 Å². The van der Waals surface area contributed by atoms with E-state index in [9.17, 15) is 0 Å². The average Bonchev–Trinajstić information content (AvgIpc) is 3.32. The lowest BCUT2D eigenvalue weighted by Gasteiger charge is -2.42. The van der Waals surface area contributed by atoms with Gasteiger partial charge in [0.1, 0.15) is 17.4 Å². The standard InChI is InChI=1S/C22H25N3O2.2ClH/c1-22(23,20-14-15-6-2-4-8-18(15)26-20)16-10-12-25(13-11-16)21-24-17-7-3-5-9-19(17)27-21;;/h2-9,16,20H,10-14,23H2,1H3;2*1H. The molecule has 1 fully saturated rings. The third-order valence-electron chi connectivity index (χ3n) is 6.27. The highest BCUT2D eigenvalue weighted by Crippen LogP contribution is 2.38. The number of aromatic nitrogens is 1. The minimum absolute atomic E-state index is 0. The molecular formula is C22H27Cl2N3O2. The van der Waals surface area contributed by atoms with Gasteiger partial charge in [0.05, 0.1) is 5.54 Å². The first-order valence-corrected chi connectivity index (χ1v) is 9.75. The number of benzene rings is 2. The summed E-state index contributed by atoms with van der Waals surface area (Å²) in [5, 5.41) is 0. The largest absolute Gasteiger partial charge is 0.488 e. The van der Waals surface area contributed by atoms with Gasteiger partial charge in [0, 0.05) is 19.5 Å². The van der Waals surface area contributed by atoms with Gasteiger partial charge >= 0.3 is 0 Å². The van der Waals surface area contributed by atoms with Gasteiger partial charge in [-0.1, -0.05) is 30.3 Å². The molecule has 5 rings (SSSR count). The summed E-state index contributed by atoms with van der Waals surface area (Å²) in [5.74, 6) is 1.40. The van der Waals surface area contributed by atoms with E-state index in [2.05, 4.69) is 28.9 Å². The molecule has 3 aromatic rings. The Balaban J connectivity index is 0.00000120. The molecule has 2 aromatic carbocycles. The molecule has 1 saturated heterocycles. The zero-order valence-corrected chi connectivity index (χ0v) is 18.0. The number of anilines is 1. The van der Waals surface area contributed by atoms with E-state index in [0.29, 0.717) is 5.92 Å². The molecule has 7 heteroatoms. The maximum atomic E-state index is 6.84. The van der Waals surface area contributed by atoms with Gasteiger partial charge < -0.3 is 19.8 Å². The fraction of sp³-hybridized carbons (Fsp3) is 0.409. The molecule has 0 aliphatic carbocycles. The molecule has 156 valence electrons. The van der Waals surface area contributed by atoms with Gasteiger partial charge in [-0.2, -0.15) is 4.98 Å². The van der Waals surface area contributed by atoms with E-state index < -0.39 is 0 Å². The fourth-order valence-electron chi connectivity index (χ4n) is 4.48. The molecule has 2 unspecified atom stereocenters. The van der Waals surface area contributed by atoms with Crippen LogP contribution in [0.15, 0.2) is 52.9 Å². The van der Waals surface area contributed by atoms with Crippen molar-refractivity contribution in [2.75, 3.05) is 18.0 Å². The second-order valence-corrected chi connectivity index (χ2v) is 8.01. The molecule has 3 heterocycles. The van der Waals surface area contributed by atoms with Gasteiger partial charge in [0.25, 0.3) is 6.01 Å². The van der Waals surface area contributed by atoms with Crippen molar-refractivity contribution in [2.24, 2.45) is 11.7 Å². The summed E-state index contributed by atoms with van der Waals surface area (Å²) in [7, 11) is 0. The maximum absolute atomic E-state index is 6.84. The van der Waals surface area contributed by atoms with Crippen molar-refractivity contribution in [2.45, 2.75) is 37.8 Å². The van der Waals surface area contributed by atoms with Crippen molar-refractivity contribution in [3.8, 4) is 5.75 Å². The second-order valence-electron chi connectivity index (χ2n) is 8.01. The zero-order chi connectivity index (χ0) is 18.4. The average molecular weight is 436 g/mol. The number of hydrogen-bond donors (Lipinski definition) is 1. The molecule has 0 saturated carbocycles. The summed E-state index contributed by atoms with van der Waals surface area (Å²) < 4.78 is 12.1. The minimum Gasteiger partial charge on any atom is -0.488 e. The van der Waals surface area contributed by atoms with Gasteiger partial charge in [0.2, 0.25) is 0 Å². The van der Waals surface area contributed by atoms with Crippen LogP contribution in [0.5, 0.6) is 5.75 Å². The molecule has 2 N–H and O–H groups in total. The second kappa shape index (κ2) is 8.42. The predicted octanol–water partition coefficient (Wildman–Crippen LogP) is 4.61. The number of nitrogens with zero attached hydrogens (tertiary/aromatic N) is 2. The van der Waals surface area contributed by atoms with Crippen LogP contribution in [0, 0.1) is 5.92 Å². The van der Waals surface area contributed by atoms with Crippen LogP contribution in [0.4, 0.5) is 6.01 Å². The van der Waals surface area contributed by atoms with Crippen molar-refractivity contribution in [3.63, 3.8) is 0 Å². The lowest BCUT2D eigenvalue weighted by Crippen LogP contribution is -2.58. The van der Waals surface area contributed by atoms with Crippen LogP contribution in [0.25, 0.3) is 11.1 Å². The number of para-hydroxylation sites is 3. The van der Waals surface area contributed by atoms with Gasteiger partial charge in [-0.25, -0.2) is 0 Å². The number of halogens is 2. The highest BCUT2D eigenvalue weighted by Gasteiger charge is 2.43. The Kier molecular flexibility index (Phi) is 6.32. The fourth-order valence-corrected chi connectivity index (χ4v) is 4.48. The van der Waals surface area contributed by atoms with E-state index in [1.807, 2.05) is 36.4 Å². The van der Waals surface area contributed by atoms with Crippen LogP contribution in [0.1, 0.15) is 25.3 Å². The highest BCUT2D eigenvalue weighted by atomic mass is 35.5. The number of piperidine rings is 1.